The van der Waals surface area contributed by atoms with E-state index in [2.05, 4.69) is 31.9 Å². The van der Waals surface area contributed by atoms with Crippen LogP contribution in [-0.4, -0.2) is 15.8 Å². The van der Waals surface area contributed by atoms with Gasteiger partial charge in [0.2, 0.25) is 0 Å². The smallest absolute Gasteiger partial charge is 0.0642 e. The van der Waals surface area contributed by atoms with Crippen LogP contribution in [0, 0.1) is 0 Å². The fourth-order valence-electron chi connectivity index (χ4n) is 1.73. The third kappa shape index (κ3) is 3.06. The normalized spacial score (nSPS) is 15.3. The van der Waals surface area contributed by atoms with Gasteiger partial charge in [0.25, 0.3) is 0 Å². The SMILES string of the molecule is CCC(N)Cc1cc(C(C)CC)n(C)n1. The molecule has 0 aliphatic heterocycles. The molecule has 0 saturated carbocycles. The van der Waals surface area contributed by atoms with Crippen molar-refractivity contribution >= 4 is 0 Å². The van der Waals surface area contributed by atoms with Crippen LogP contribution < -0.4 is 5.73 Å². The zero-order valence-electron chi connectivity index (χ0n) is 10.3. The third-order valence-corrected chi connectivity index (χ3v) is 3.08. The second-order valence-electron chi connectivity index (χ2n) is 4.37. The summed E-state index contributed by atoms with van der Waals surface area (Å²) in [6.07, 6.45) is 3.05. The second-order valence-corrected chi connectivity index (χ2v) is 4.37. The van der Waals surface area contributed by atoms with E-state index in [1.54, 1.807) is 0 Å². The fraction of sp³-hybridized carbons (Fsp3) is 0.750. The number of aromatic nitrogens is 2. The van der Waals surface area contributed by atoms with Crippen molar-refractivity contribution in [2.45, 2.75) is 52.0 Å². The lowest BCUT2D eigenvalue weighted by Crippen LogP contribution is -2.21. The molecule has 0 radical (unpaired) electrons. The minimum atomic E-state index is 0.240. The summed E-state index contributed by atoms with van der Waals surface area (Å²) >= 11 is 0. The standard InChI is InChI=1S/C12H23N3/c1-5-9(3)12-8-11(14-15(12)4)7-10(13)6-2/h8-10H,5-7,13H2,1-4H3. The van der Waals surface area contributed by atoms with Crippen molar-refractivity contribution in [1.29, 1.82) is 0 Å². The van der Waals surface area contributed by atoms with Crippen molar-refractivity contribution in [2.75, 3.05) is 0 Å². The van der Waals surface area contributed by atoms with Gasteiger partial charge in [-0.3, -0.25) is 4.68 Å². The maximum atomic E-state index is 5.92. The van der Waals surface area contributed by atoms with Crippen LogP contribution in [0.2, 0.25) is 0 Å². The molecule has 2 N–H and O–H groups in total. The Morgan fingerprint density at radius 2 is 2.07 bits per heavy atom. The summed E-state index contributed by atoms with van der Waals surface area (Å²) in [5.74, 6) is 0.578. The largest absolute Gasteiger partial charge is 0.327 e. The van der Waals surface area contributed by atoms with Gasteiger partial charge >= 0.3 is 0 Å². The first kappa shape index (κ1) is 12.2. The molecule has 86 valence electrons. The summed E-state index contributed by atoms with van der Waals surface area (Å²) < 4.78 is 1.99. The minimum absolute atomic E-state index is 0.240. The van der Waals surface area contributed by atoms with Crippen LogP contribution in [0.5, 0.6) is 0 Å². The molecule has 1 aromatic heterocycles. The Bertz CT molecular complexity index is 304. The number of rotatable bonds is 5. The Morgan fingerprint density at radius 3 is 2.60 bits per heavy atom. The molecule has 0 fully saturated rings. The maximum Gasteiger partial charge on any atom is 0.0642 e. The van der Waals surface area contributed by atoms with Crippen LogP contribution >= 0.6 is 0 Å². The van der Waals surface area contributed by atoms with Crippen LogP contribution in [-0.2, 0) is 13.5 Å². The first-order chi connectivity index (χ1) is 7.08. The molecule has 0 bridgehead atoms. The highest BCUT2D eigenvalue weighted by molar-refractivity contribution is 5.14. The topological polar surface area (TPSA) is 43.8 Å². The van der Waals surface area contributed by atoms with Gasteiger partial charge in [-0.05, 0) is 24.8 Å². The van der Waals surface area contributed by atoms with Crippen molar-refractivity contribution in [3.63, 3.8) is 0 Å². The van der Waals surface area contributed by atoms with Crippen LogP contribution in [0.1, 0.15) is 50.9 Å². The molecule has 0 amide bonds. The molecule has 3 nitrogen and oxygen atoms in total. The molecule has 0 aliphatic rings. The van der Waals surface area contributed by atoms with E-state index in [4.69, 9.17) is 5.73 Å². The van der Waals surface area contributed by atoms with E-state index in [1.165, 1.54) is 5.69 Å². The van der Waals surface area contributed by atoms with Crippen LogP contribution in [0.15, 0.2) is 6.07 Å². The van der Waals surface area contributed by atoms with E-state index in [1.807, 2.05) is 11.7 Å². The summed E-state index contributed by atoms with van der Waals surface area (Å²) in [5, 5.41) is 4.50. The molecule has 15 heavy (non-hydrogen) atoms. The lowest BCUT2D eigenvalue weighted by Gasteiger charge is -2.07. The molecule has 1 rings (SSSR count). The lowest BCUT2D eigenvalue weighted by atomic mass is 10.0. The molecule has 0 aromatic carbocycles. The number of hydrogen-bond donors (Lipinski definition) is 1. The molecule has 0 aliphatic carbocycles. The van der Waals surface area contributed by atoms with Crippen molar-refractivity contribution in [3.05, 3.63) is 17.5 Å². The minimum Gasteiger partial charge on any atom is -0.327 e. The van der Waals surface area contributed by atoms with Gasteiger partial charge in [0.1, 0.15) is 0 Å². The molecular weight excluding hydrogens is 186 g/mol. The summed E-state index contributed by atoms with van der Waals surface area (Å²) in [4.78, 5) is 0. The van der Waals surface area contributed by atoms with E-state index in [0.717, 1.165) is 25.0 Å². The van der Waals surface area contributed by atoms with Gasteiger partial charge in [0, 0.05) is 25.2 Å². The van der Waals surface area contributed by atoms with Gasteiger partial charge < -0.3 is 5.73 Å². The molecule has 2 atom stereocenters. The highest BCUT2D eigenvalue weighted by atomic mass is 15.3. The van der Waals surface area contributed by atoms with E-state index in [9.17, 15) is 0 Å². The average Bonchev–Trinajstić information content (AvgIpc) is 2.58. The molecule has 3 heteroatoms. The van der Waals surface area contributed by atoms with Crippen LogP contribution in [0.3, 0.4) is 0 Å². The maximum absolute atomic E-state index is 5.92. The number of hydrogen-bond acceptors (Lipinski definition) is 2. The Morgan fingerprint density at radius 1 is 1.40 bits per heavy atom. The van der Waals surface area contributed by atoms with Gasteiger partial charge in [-0.25, -0.2) is 0 Å². The Balaban J connectivity index is 2.76. The molecule has 0 saturated heterocycles. The van der Waals surface area contributed by atoms with Crippen LogP contribution in [0.25, 0.3) is 0 Å². The first-order valence-electron chi connectivity index (χ1n) is 5.86. The summed E-state index contributed by atoms with van der Waals surface area (Å²) in [6, 6.07) is 2.44. The van der Waals surface area contributed by atoms with Gasteiger partial charge in [-0.2, -0.15) is 5.10 Å². The van der Waals surface area contributed by atoms with Crippen LogP contribution in [0.4, 0.5) is 0 Å². The third-order valence-electron chi connectivity index (χ3n) is 3.08. The van der Waals surface area contributed by atoms with Crippen molar-refractivity contribution in [3.8, 4) is 0 Å². The highest BCUT2D eigenvalue weighted by Crippen LogP contribution is 2.19. The molecule has 1 heterocycles. The van der Waals surface area contributed by atoms with E-state index in [-0.39, 0.29) is 6.04 Å². The predicted molar refractivity (Wildman–Crippen MR) is 63.9 cm³/mol. The van der Waals surface area contributed by atoms with E-state index in [0.29, 0.717) is 5.92 Å². The van der Waals surface area contributed by atoms with E-state index >= 15 is 0 Å². The molecular formula is C12H23N3. The van der Waals surface area contributed by atoms with Gasteiger partial charge in [0.05, 0.1) is 5.69 Å². The molecule has 1 aromatic rings. The zero-order chi connectivity index (χ0) is 11.4. The predicted octanol–water partition coefficient (Wildman–Crippen LogP) is 2.21. The van der Waals surface area contributed by atoms with Crippen molar-refractivity contribution in [1.82, 2.24) is 9.78 Å². The number of nitrogens with zero attached hydrogens (tertiary/aromatic N) is 2. The molecule has 2 unspecified atom stereocenters. The zero-order valence-corrected chi connectivity index (χ0v) is 10.3. The number of aryl methyl sites for hydroxylation is 1. The monoisotopic (exact) mass is 209 g/mol. The average molecular weight is 209 g/mol. The number of nitrogens with two attached hydrogens (primary N) is 1. The van der Waals surface area contributed by atoms with Gasteiger partial charge in [-0.1, -0.05) is 20.8 Å². The Labute approximate surface area is 92.7 Å². The highest BCUT2D eigenvalue weighted by Gasteiger charge is 2.12. The van der Waals surface area contributed by atoms with Gasteiger partial charge in [0.15, 0.2) is 0 Å². The Hall–Kier alpha value is -0.830. The fourth-order valence-corrected chi connectivity index (χ4v) is 1.73. The first-order valence-corrected chi connectivity index (χ1v) is 5.86. The Kier molecular flexibility index (Phi) is 4.33. The van der Waals surface area contributed by atoms with Gasteiger partial charge in [-0.15, -0.1) is 0 Å². The summed E-state index contributed by atoms with van der Waals surface area (Å²) in [6.45, 7) is 6.55. The summed E-state index contributed by atoms with van der Waals surface area (Å²) in [7, 11) is 2.02. The quantitative estimate of drug-likeness (QED) is 0.808. The molecule has 0 spiro atoms. The van der Waals surface area contributed by atoms with Crippen molar-refractivity contribution in [2.24, 2.45) is 12.8 Å². The van der Waals surface area contributed by atoms with E-state index < -0.39 is 0 Å². The lowest BCUT2D eigenvalue weighted by molar-refractivity contribution is 0.604. The van der Waals surface area contributed by atoms with Crippen molar-refractivity contribution < 1.29 is 0 Å². The second kappa shape index (κ2) is 5.31. The summed E-state index contributed by atoms with van der Waals surface area (Å²) in [5.41, 5.74) is 8.37.